The Labute approximate surface area is 142 Å². The number of halogens is 2. The van der Waals surface area contributed by atoms with Crippen LogP contribution in [0.2, 0.25) is 5.02 Å². The highest BCUT2D eigenvalue weighted by atomic mass is 79.9. The van der Waals surface area contributed by atoms with Crippen LogP contribution in [0.3, 0.4) is 0 Å². The third-order valence-electron chi connectivity index (χ3n) is 3.89. The predicted molar refractivity (Wildman–Crippen MR) is 96.4 cm³/mol. The van der Waals surface area contributed by atoms with Crippen LogP contribution >= 0.6 is 27.5 Å². The summed E-state index contributed by atoms with van der Waals surface area (Å²) in [5.41, 5.74) is 4.07. The van der Waals surface area contributed by atoms with Gasteiger partial charge in [-0.3, -0.25) is 11.3 Å². The maximum atomic E-state index is 6.14. The fourth-order valence-electron chi connectivity index (χ4n) is 2.56. The average molecular weight is 376 g/mol. The van der Waals surface area contributed by atoms with Crippen LogP contribution in [-0.4, -0.2) is 0 Å². The van der Waals surface area contributed by atoms with Gasteiger partial charge < -0.3 is 0 Å². The van der Waals surface area contributed by atoms with Crippen molar-refractivity contribution in [3.05, 3.63) is 33.3 Å². The molecule has 0 aliphatic rings. The monoisotopic (exact) mass is 374 g/mol. The van der Waals surface area contributed by atoms with Gasteiger partial charge in [0.25, 0.3) is 0 Å². The Morgan fingerprint density at radius 1 is 1.10 bits per heavy atom. The number of nitrogens with two attached hydrogens (primary N) is 1. The maximum Gasteiger partial charge on any atom is 0.0551 e. The standard InChI is InChI=1S/C17H28BrClN2/c1-2-3-4-5-6-7-8-9-10-17(21-20)14-11-12-15(18)16(19)13-14/h11-13,17,21H,2-10,20H2,1H3. The van der Waals surface area contributed by atoms with E-state index in [0.717, 1.165) is 21.5 Å². The minimum absolute atomic E-state index is 0.190. The highest BCUT2D eigenvalue weighted by Gasteiger charge is 2.10. The quantitative estimate of drug-likeness (QED) is 0.277. The van der Waals surface area contributed by atoms with Crippen molar-refractivity contribution in [3.63, 3.8) is 0 Å². The summed E-state index contributed by atoms with van der Waals surface area (Å²) in [4.78, 5) is 0. The molecule has 0 aliphatic carbocycles. The van der Waals surface area contributed by atoms with Crippen molar-refractivity contribution in [3.8, 4) is 0 Å². The third kappa shape index (κ3) is 7.64. The van der Waals surface area contributed by atoms with Gasteiger partial charge in [0.1, 0.15) is 0 Å². The largest absolute Gasteiger partial charge is 0.271 e. The lowest BCUT2D eigenvalue weighted by Crippen LogP contribution is -2.28. The summed E-state index contributed by atoms with van der Waals surface area (Å²) >= 11 is 9.56. The molecule has 0 bridgehead atoms. The molecular weight excluding hydrogens is 348 g/mol. The highest BCUT2D eigenvalue weighted by Crippen LogP contribution is 2.28. The Bertz CT molecular complexity index is 398. The van der Waals surface area contributed by atoms with E-state index < -0.39 is 0 Å². The molecule has 0 radical (unpaired) electrons. The van der Waals surface area contributed by atoms with Gasteiger partial charge in [0.2, 0.25) is 0 Å². The summed E-state index contributed by atoms with van der Waals surface area (Å²) in [6, 6.07) is 6.23. The van der Waals surface area contributed by atoms with Crippen molar-refractivity contribution in [2.75, 3.05) is 0 Å². The van der Waals surface area contributed by atoms with E-state index in [1.165, 1.54) is 51.4 Å². The second kappa shape index (κ2) is 11.5. The number of benzene rings is 1. The van der Waals surface area contributed by atoms with Crippen LogP contribution in [0.5, 0.6) is 0 Å². The zero-order valence-corrected chi connectivity index (χ0v) is 15.3. The maximum absolute atomic E-state index is 6.14. The van der Waals surface area contributed by atoms with Crippen molar-refractivity contribution in [1.82, 2.24) is 5.43 Å². The zero-order chi connectivity index (χ0) is 15.5. The fourth-order valence-corrected chi connectivity index (χ4v) is 2.99. The van der Waals surface area contributed by atoms with Gasteiger partial charge in [0.15, 0.2) is 0 Å². The van der Waals surface area contributed by atoms with E-state index in [-0.39, 0.29) is 6.04 Å². The van der Waals surface area contributed by atoms with Crippen molar-refractivity contribution >= 4 is 27.5 Å². The Morgan fingerprint density at radius 2 is 1.71 bits per heavy atom. The number of rotatable bonds is 11. The molecule has 0 saturated heterocycles. The molecule has 0 spiro atoms. The zero-order valence-electron chi connectivity index (χ0n) is 13.0. The molecule has 1 rings (SSSR count). The molecule has 0 aromatic heterocycles. The first-order valence-electron chi connectivity index (χ1n) is 8.10. The minimum atomic E-state index is 0.190. The molecule has 1 atom stereocenters. The molecule has 0 fully saturated rings. The summed E-state index contributed by atoms with van der Waals surface area (Å²) in [6.45, 7) is 2.26. The molecular formula is C17H28BrClN2. The summed E-state index contributed by atoms with van der Waals surface area (Å²) in [5, 5.41) is 0.740. The van der Waals surface area contributed by atoms with Crippen LogP contribution in [-0.2, 0) is 0 Å². The lowest BCUT2D eigenvalue weighted by atomic mass is 10.00. The first-order valence-corrected chi connectivity index (χ1v) is 9.27. The Hall–Kier alpha value is -0.0900. The molecule has 0 amide bonds. The third-order valence-corrected chi connectivity index (χ3v) is 5.13. The fraction of sp³-hybridized carbons (Fsp3) is 0.647. The van der Waals surface area contributed by atoms with Crippen molar-refractivity contribution in [2.24, 2.45) is 5.84 Å². The Kier molecular flexibility index (Phi) is 10.4. The van der Waals surface area contributed by atoms with Crippen LogP contribution < -0.4 is 11.3 Å². The van der Waals surface area contributed by atoms with E-state index in [9.17, 15) is 0 Å². The number of hydrogen-bond donors (Lipinski definition) is 2. The van der Waals surface area contributed by atoms with Gasteiger partial charge in [0.05, 0.1) is 5.02 Å². The summed E-state index contributed by atoms with van der Waals surface area (Å²) in [6.07, 6.45) is 11.7. The van der Waals surface area contributed by atoms with Gasteiger partial charge in [-0.05, 0) is 40.0 Å². The molecule has 0 saturated carbocycles. The van der Waals surface area contributed by atoms with E-state index >= 15 is 0 Å². The van der Waals surface area contributed by atoms with Crippen molar-refractivity contribution < 1.29 is 0 Å². The molecule has 1 unspecified atom stereocenters. The number of nitrogens with one attached hydrogen (secondary N) is 1. The molecule has 21 heavy (non-hydrogen) atoms. The van der Waals surface area contributed by atoms with Gasteiger partial charge in [-0.1, -0.05) is 76.0 Å². The molecule has 2 nitrogen and oxygen atoms in total. The van der Waals surface area contributed by atoms with Crippen LogP contribution in [0.4, 0.5) is 0 Å². The van der Waals surface area contributed by atoms with Gasteiger partial charge in [-0.25, -0.2) is 0 Å². The smallest absolute Gasteiger partial charge is 0.0551 e. The van der Waals surface area contributed by atoms with Gasteiger partial charge >= 0.3 is 0 Å². The molecule has 1 aromatic carbocycles. The number of unbranched alkanes of at least 4 members (excludes halogenated alkanes) is 7. The Morgan fingerprint density at radius 3 is 2.29 bits per heavy atom. The molecule has 0 aliphatic heterocycles. The van der Waals surface area contributed by atoms with E-state index in [1.54, 1.807) is 0 Å². The Balaban J connectivity index is 2.23. The second-order valence-corrected chi connectivity index (χ2v) is 6.92. The predicted octanol–water partition coefficient (Wildman–Crippen LogP) is 6.14. The van der Waals surface area contributed by atoms with E-state index in [0.29, 0.717) is 0 Å². The average Bonchev–Trinajstić information content (AvgIpc) is 2.49. The van der Waals surface area contributed by atoms with E-state index in [2.05, 4.69) is 34.3 Å². The molecule has 120 valence electrons. The number of hydrogen-bond acceptors (Lipinski definition) is 2. The first kappa shape index (κ1) is 19.0. The van der Waals surface area contributed by atoms with Crippen LogP contribution in [0.25, 0.3) is 0 Å². The van der Waals surface area contributed by atoms with Gasteiger partial charge in [-0.15, -0.1) is 0 Å². The van der Waals surface area contributed by atoms with Crippen molar-refractivity contribution in [1.29, 1.82) is 0 Å². The van der Waals surface area contributed by atoms with Crippen LogP contribution in [0.1, 0.15) is 76.3 Å². The van der Waals surface area contributed by atoms with E-state index in [1.807, 2.05) is 12.1 Å². The summed E-state index contributed by atoms with van der Waals surface area (Å²) < 4.78 is 0.927. The van der Waals surface area contributed by atoms with Crippen molar-refractivity contribution in [2.45, 2.75) is 70.8 Å². The lowest BCUT2D eigenvalue weighted by Gasteiger charge is -2.17. The van der Waals surface area contributed by atoms with Crippen LogP contribution in [0.15, 0.2) is 22.7 Å². The van der Waals surface area contributed by atoms with Crippen LogP contribution in [0, 0.1) is 0 Å². The second-order valence-electron chi connectivity index (χ2n) is 5.66. The normalized spacial score (nSPS) is 12.6. The minimum Gasteiger partial charge on any atom is -0.271 e. The topological polar surface area (TPSA) is 38.0 Å². The molecule has 0 heterocycles. The summed E-state index contributed by atoms with van der Waals surface area (Å²) in [5.74, 6) is 5.68. The molecule has 1 aromatic rings. The highest BCUT2D eigenvalue weighted by molar-refractivity contribution is 9.10. The van der Waals surface area contributed by atoms with Gasteiger partial charge in [0, 0.05) is 10.5 Å². The summed E-state index contributed by atoms with van der Waals surface area (Å²) in [7, 11) is 0. The van der Waals surface area contributed by atoms with Gasteiger partial charge in [-0.2, -0.15) is 0 Å². The molecule has 4 heteroatoms. The molecule has 3 N–H and O–H groups in total. The SMILES string of the molecule is CCCCCCCCCCC(NN)c1ccc(Br)c(Cl)c1. The first-order chi connectivity index (χ1) is 10.2. The van der Waals surface area contributed by atoms with E-state index in [4.69, 9.17) is 17.4 Å². The lowest BCUT2D eigenvalue weighted by molar-refractivity contribution is 0.475. The number of hydrazine groups is 1.